The summed E-state index contributed by atoms with van der Waals surface area (Å²) in [5.41, 5.74) is 0. The maximum atomic E-state index is 12.2. The molecular weight excluding hydrogens is 238 g/mol. The number of rotatable bonds is 5. The molecule has 1 saturated carbocycles. The summed E-state index contributed by atoms with van der Waals surface area (Å²) in [6.45, 7) is 5.24. The third kappa shape index (κ3) is 2.95. The highest BCUT2D eigenvalue weighted by Gasteiger charge is 2.38. The van der Waals surface area contributed by atoms with Crippen LogP contribution in [0.1, 0.15) is 52.4 Å². The number of fused-ring (bicyclic) bond motifs is 2. The number of carbonyl (C=O) groups excluding carboxylic acids is 1. The van der Waals surface area contributed by atoms with E-state index < -0.39 is 0 Å². The Morgan fingerprint density at radius 1 is 1.26 bits per heavy atom. The number of amides is 1. The first kappa shape index (κ1) is 13.4. The molecule has 2 aliphatic heterocycles. The van der Waals surface area contributed by atoms with Crippen LogP contribution in [0.4, 0.5) is 0 Å². The van der Waals surface area contributed by atoms with E-state index in [1.807, 2.05) is 0 Å². The molecule has 0 aromatic carbocycles. The fourth-order valence-electron chi connectivity index (χ4n) is 3.85. The maximum Gasteiger partial charge on any atom is 0.237 e. The largest absolute Gasteiger partial charge is 0.352 e. The van der Waals surface area contributed by atoms with Crippen molar-refractivity contribution in [2.75, 3.05) is 6.54 Å². The van der Waals surface area contributed by atoms with E-state index in [2.05, 4.69) is 29.4 Å². The molecule has 3 unspecified atom stereocenters. The van der Waals surface area contributed by atoms with E-state index >= 15 is 0 Å². The van der Waals surface area contributed by atoms with E-state index in [0.29, 0.717) is 24.2 Å². The highest BCUT2D eigenvalue weighted by atomic mass is 16.2. The SMILES string of the molecule is CCN(C1CC2CCC(C1)N2)C(C)C(=O)NC1CC1. The van der Waals surface area contributed by atoms with Gasteiger partial charge in [0.2, 0.25) is 5.91 Å². The van der Waals surface area contributed by atoms with Crippen molar-refractivity contribution in [3.05, 3.63) is 0 Å². The summed E-state index contributed by atoms with van der Waals surface area (Å²) in [5, 5.41) is 6.83. The van der Waals surface area contributed by atoms with Crippen molar-refractivity contribution >= 4 is 5.91 Å². The molecule has 0 spiro atoms. The van der Waals surface area contributed by atoms with Gasteiger partial charge in [-0.2, -0.15) is 0 Å². The molecule has 2 heterocycles. The van der Waals surface area contributed by atoms with E-state index in [4.69, 9.17) is 0 Å². The summed E-state index contributed by atoms with van der Waals surface area (Å²) in [5.74, 6) is 0.232. The minimum atomic E-state index is 0.0214. The summed E-state index contributed by atoms with van der Waals surface area (Å²) in [6.07, 6.45) is 7.41. The van der Waals surface area contributed by atoms with Crippen LogP contribution in [0, 0.1) is 0 Å². The molecule has 1 aliphatic carbocycles. The normalized spacial score (nSPS) is 35.4. The standard InChI is InChI=1S/C15H27N3O/c1-3-18(10(2)15(19)17-11-4-5-11)14-8-12-6-7-13(9-14)16-12/h10-14,16H,3-9H2,1-2H3,(H,17,19). The predicted octanol–water partition coefficient (Wildman–Crippen LogP) is 1.26. The summed E-state index contributed by atoms with van der Waals surface area (Å²) in [6, 6.07) is 2.46. The molecule has 3 atom stereocenters. The van der Waals surface area contributed by atoms with Crippen LogP contribution in [-0.2, 0) is 4.79 Å². The van der Waals surface area contributed by atoms with Gasteiger partial charge in [-0.05, 0) is 52.0 Å². The molecule has 0 aromatic rings. The molecule has 0 radical (unpaired) electrons. The van der Waals surface area contributed by atoms with Gasteiger partial charge in [0.1, 0.15) is 0 Å². The first-order valence-corrected chi connectivity index (χ1v) is 7.99. The van der Waals surface area contributed by atoms with Crippen LogP contribution in [0.2, 0.25) is 0 Å². The second kappa shape index (κ2) is 5.41. The third-order valence-corrected chi connectivity index (χ3v) is 5.08. The Bertz CT molecular complexity index is 330. The summed E-state index contributed by atoms with van der Waals surface area (Å²) >= 11 is 0. The Labute approximate surface area is 116 Å². The van der Waals surface area contributed by atoms with Crippen molar-refractivity contribution in [3.8, 4) is 0 Å². The Kier molecular flexibility index (Phi) is 3.81. The average molecular weight is 265 g/mol. The Morgan fingerprint density at radius 2 is 1.89 bits per heavy atom. The average Bonchev–Trinajstić information content (AvgIpc) is 3.15. The zero-order valence-electron chi connectivity index (χ0n) is 12.2. The van der Waals surface area contributed by atoms with Crippen molar-refractivity contribution in [2.24, 2.45) is 0 Å². The van der Waals surface area contributed by atoms with Gasteiger partial charge in [-0.25, -0.2) is 0 Å². The van der Waals surface area contributed by atoms with Gasteiger partial charge >= 0.3 is 0 Å². The molecule has 1 amide bonds. The molecule has 2 N–H and O–H groups in total. The second-order valence-corrected chi connectivity index (χ2v) is 6.55. The van der Waals surface area contributed by atoms with Crippen molar-refractivity contribution in [2.45, 2.75) is 82.6 Å². The number of nitrogens with one attached hydrogen (secondary N) is 2. The molecule has 3 rings (SSSR count). The number of piperidine rings is 1. The molecule has 4 heteroatoms. The minimum Gasteiger partial charge on any atom is -0.352 e. The van der Waals surface area contributed by atoms with E-state index in [9.17, 15) is 4.79 Å². The van der Waals surface area contributed by atoms with Gasteiger partial charge in [0.05, 0.1) is 6.04 Å². The number of carbonyl (C=O) groups is 1. The third-order valence-electron chi connectivity index (χ3n) is 5.08. The molecule has 2 bridgehead atoms. The lowest BCUT2D eigenvalue weighted by Crippen LogP contribution is -2.54. The Balaban J connectivity index is 1.60. The lowest BCUT2D eigenvalue weighted by atomic mass is 9.96. The van der Waals surface area contributed by atoms with Gasteiger partial charge in [-0.1, -0.05) is 6.92 Å². The van der Waals surface area contributed by atoms with Crippen LogP contribution in [0.25, 0.3) is 0 Å². The number of likely N-dealkylation sites (N-methyl/N-ethyl adjacent to an activating group) is 1. The molecule has 3 fully saturated rings. The molecule has 4 nitrogen and oxygen atoms in total. The Hall–Kier alpha value is -0.610. The smallest absolute Gasteiger partial charge is 0.237 e. The maximum absolute atomic E-state index is 12.2. The number of nitrogens with zero attached hydrogens (tertiary/aromatic N) is 1. The van der Waals surface area contributed by atoms with Crippen LogP contribution in [0.5, 0.6) is 0 Å². The quantitative estimate of drug-likeness (QED) is 0.786. The van der Waals surface area contributed by atoms with E-state index in [-0.39, 0.29) is 11.9 Å². The molecular formula is C15H27N3O. The van der Waals surface area contributed by atoms with E-state index in [0.717, 1.165) is 6.54 Å². The van der Waals surface area contributed by atoms with Crippen molar-refractivity contribution in [1.29, 1.82) is 0 Å². The van der Waals surface area contributed by atoms with Crippen molar-refractivity contribution in [3.63, 3.8) is 0 Å². The van der Waals surface area contributed by atoms with Gasteiger partial charge in [-0.3, -0.25) is 9.69 Å². The van der Waals surface area contributed by atoms with Crippen LogP contribution in [0.3, 0.4) is 0 Å². The first-order valence-electron chi connectivity index (χ1n) is 7.99. The monoisotopic (exact) mass is 265 g/mol. The summed E-state index contributed by atoms with van der Waals surface area (Å²) in [4.78, 5) is 14.7. The summed E-state index contributed by atoms with van der Waals surface area (Å²) < 4.78 is 0. The van der Waals surface area contributed by atoms with Crippen molar-refractivity contribution in [1.82, 2.24) is 15.5 Å². The van der Waals surface area contributed by atoms with Crippen molar-refractivity contribution < 1.29 is 4.79 Å². The Morgan fingerprint density at radius 3 is 2.42 bits per heavy atom. The van der Waals surface area contributed by atoms with Crippen LogP contribution in [0.15, 0.2) is 0 Å². The predicted molar refractivity (Wildman–Crippen MR) is 76.0 cm³/mol. The van der Waals surface area contributed by atoms with Gasteiger partial charge in [0.15, 0.2) is 0 Å². The van der Waals surface area contributed by atoms with Crippen LogP contribution < -0.4 is 10.6 Å². The van der Waals surface area contributed by atoms with Gasteiger partial charge in [0, 0.05) is 24.2 Å². The zero-order chi connectivity index (χ0) is 13.4. The highest BCUT2D eigenvalue weighted by Crippen LogP contribution is 2.30. The minimum absolute atomic E-state index is 0.0214. The molecule has 108 valence electrons. The first-order chi connectivity index (χ1) is 9.17. The molecule has 3 aliphatic rings. The fraction of sp³-hybridized carbons (Fsp3) is 0.933. The molecule has 0 aromatic heterocycles. The number of hydrogen-bond donors (Lipinski definition) is 2. The lowest BCUT2D eigenvalue weighted by molar-refractivity contribution is -0.127. The van der Waals surface area contributed by atoms with Gasteiger partial charge in [-0.15, -0.1) is 0 Å². The second-order valence-electron chi connectivity index (χ2n) is 6.55. The van der Waals surface area contributed by atoms with E-state index in [1.165, 1.54) is 38.5 Å². The fourth-order valence-corrected chi connectivity index (χ4v) is 3.85. The van der Waals surface area contributed by atoms with E-state index in [1.54, 1.807) is 0 Å². The molecule has 2 saturated heterocycles. The topological polar surface area (TPSA) is 44.4 Å². The lowest BCUT2D eigenvalue weighted by Gasteiger charge is -2.40. The highest BCUT2D eigenvalue weighted by molar-refractivity contribution is 5.81. The molecule has 19 heavy (non-hydrogen) atoms. The van der Waals surface area contributed by atoms with Gasteiger partial charge < -0.3 is 10.6 Å². The zero-order valence-corrected chi connectivity index (χ0v) is 12.2. The van der Waals surface area contributed by atoms with Crippen LogP contribution in [-0.4, -0.2) is 47.6 Å². The van der Waals surface area contributed by atoms with Crippen LogP contribution >= 0.6 is 0 Å². The summed E-state index contributed by atoms with van der Waals surface area (Å²) in [7, 11) is 0. The van der Waals surface area contributed by atoms with Gasteiger partial charge in [0.25, 0.3) is 0 Å². The number of hydrogen-bond acceptors (Lipinski definition) is 3.